The maximum absolute atomic E-state index is 13.0. The topological polar surface area (TPSA) is 46.2 Å². The van der Waals surface area contributed by atoms with Crippen LogP contribution >= 0.6 is 11.6 Å². The van der Waals surface area contributed by atoms with Gasteiger partial charge >= 0.3 is 0 Å². The van der Waals surface area contributed by atoms with Crippen LogP contribution in [-0.2, 0) is 16.6 Å². The number of hydrogen-bond donors (Lipinski definition) is 1. The van der Waals surface area contributed by atoms with E-state index in [4.69, 9.17) is 11.6 Å². The zero-order valence-electron chi connectivity index (χ0n) is 10.1. The van der Waals surface area contributed by atoms with Gasteiger partial charge in [-0.25, -0.2) is 21.9 Å². The van der Waals surface area contributed by atoms with Crippen molar-refractivity contribution in [1.29, 1.82) is 0 Å². The fraction of sp³-hybridized carbons (Fsp3) is 0.0769. The first-order valence-corrected chi connectivity index (χ1v) is 7.44. The average Bonchev–Trinajstić information content (AvgIpc) is 2.40. The predicted molar refractivity (Wildman–Crippen MR) is 71.8 cm³/mol. The molecule has 0 saturated heterocycles. The predicted octanol–water partition coefficient (Wildman–Crippen LogP) is 3.10. The molecule has 1 N–H and O–H groups in total. The van der Waals surface area contributed by atoms with E-state index in [1.807, 2.05) is 0 Å². The first-order valence-electron chi connectivity index (χ1n) is 5.58. The Kier molecular flexibility index (Phi) is 4.37. The molecule has 7 heteroatoms. The summed E-state index contributed by atoms with van der Waals surface area (Å²) in [7, 11) is -3.91. The van der Waals surface area contributed by atoms with Crippen LogP contribution in [0.5, 0.6) is 0 Å². The molecular formula is C13H10ClF2NO2S. The summed E-state index contributed by atoms with van der Waals surface area (Å²) in [5.41, 5.74) is 0.656. The van der Waals surface area contributed by atoms with Crippen molar-refractivity contribution in [3.8, 4) is 0 Å². The summed E-state index contributed by atoms with van der Waals surface area (Å²) in [4.78, 5) is -0.335. The molecule has 0 saturated carbocycles. The molecule has 106 valence electrons. The van der Waals surface area contributed by atoms with Gasteiger partial charge in [0.05, 0.1) is 4.90 Å². The monoisotopic (exact) mass is 317 g/mol. The zero-order valence-corrected chi connectivity index (χ0v) is 11.7. The minimum absolute atomic E-state index is 0.00187. The molecule has 0 unspecified atom stereocenters. The van der Waals surface area contributed by atoms with Gasteiger partial charge in [0, 0.05) is 11.6 Å². The van der Waals surface area contributed by atoms with E-state index in [1.165, 1.54) is 0 Å². The van der Waals surface area contributed by atoms with Crippen molar-refractivity contribution in [3.05, 3.63) is 64.7 Å². The van der Waals surface area contributed by atoms with Crippen molar-refractivity contribution in [3.63, 3.8) is 0 Å². The molecule has 0 bridgehead atoms. The molecule has 0 amide bonds. The van der Waals surface area contributed by atoms with Gasteiger partial charge in [0.2, 0.25) is 10.0 Å². The third-order valence-electron chi connectivity index (χ3n) is 2.56. The Morgan fingerprint density at radius 3 is 2.45 bits per heavy atom. The first kappa shape index (κ1) is 14.9. The molecule has 2 aromatic carbocycles. The number of rotatable bonds is 4. The summed E-state index contributed by atoms with van der Waals surface area (Å²) in [5, 5.41) is 0.481. The molecule has 0 aliphatic rings. The third kappa shape index (κ3) is 3.53. The molecule has 0 aromatic heterocycles. The second kappa shape index (κ2) is 5.87. The van der Waals surface area contributed by atoms with E-state index >= 15 is 0 Å². The van der Waals surface area contributed by atoms with Crippen molar-refractivity contribution in [2.24, 2.45) is 0 Å². The summed E-state index contributed by atoms with van der Waals surface area (Å²) < 4.78 is 51.9. The van der Waals surface area contributed by atoms with Crippen molar-refractivity contribution in [2.75, 3.05) is 0 Å². The summed E-state index contributed by atoms with van der Waals surface area (Å²) in [6, 6.07) is 9.05. The van der Waals surface area contributed by atoms with Crippen LogP contribution in [0.2, 0.25) is 5.02 Å². The number of hydrogen-bond acceptors (Lipinski definition) is 2. The van der Waals surface area contributed by atoms with Gasteiger partial charge in [-0.2, -0.15) is 0 Å². The van der Waals surface area contributed by atoms with Crippen LogP contribution in [0.15, 0.2) is 47.4 Å². The molecule has 0 aliphatic carbocycles. The van der Waals surface area contributed by atoms with Gasteiger partial charge in [-0.1, -0.05) is 23.7 Å². The normalized spacial score (nSPS) is 11.6. The van der Waals surface area contributed by atoms with Gasteiger partial charge < -0.3 is 0 Å². The molecular weight excluding hydrogens is 308 g/mol. The Hall–Kier alpha value is -1.50. The van der Waals surface area contributed by atoms with E-state index in [0.29, 0.717) is 16.7 Å². The third-order valence-corrected chi connectivity index (χ3v) is 4.19. The molecule has 20 heavy (non-hydrogen) atoms. The Morgan fingerprint density at radius 2 is 1.80 bits per heavy atom. The van der Waals surface area contributed by atoms with Crippen LogP contribution in [0, 0.1) is 11.6 Å². The Morgan fingerprint density at radius 1 is 1.05 bits per heavy atom. The molecule has 0 spiro atoms. The lowest BCUT2D eigenvalue weighted by molar-refractivity contribution is 0.504. The zero-order chi connectivity index (χ0) is 14.8. The van der Waals surface area contributed by atoms with E-state index in [2.05, 4.69) is 4.72 Å². The van der Waals surface area contributed by atoms with Crippen LogP contribution in [-0.4, -0.2) is 8.42 Å². The molecule has 0 fully saturated rings. The molecule has 0 atom stereocenters. The highest BCUT2D eigenvalue weighted by Crippen LogP contribution is 2.15. The highest BCUT2D eigenvalue weighted by molar-refractivity contribution is 7.89. The fourth-order valence-corrected chi connectivity index (χ4v) is 2.79. The van der Waals surface area contributed by atoms with Crippen molar-refractivity contribution in [1.82, 2.24) is 4.72 Å². The quantitative estimate of drug-likeness (QED) is 0.942. The lowest BCUT2D eigenvalue weighted by Gasteiger charge is -2.07. The number of sulfonamides is 1. The molecule has 2 rings (SSSR count). The van der Waals surface area contributed by atoms with Gasteiger partial charge in [-0.05, 0) is 35.9 Å². The maximum Gasteiger partial charge on any atom is 0.240 e. The maximum atomic E-state index is 13.0. The molecule has 0 radical (unpaired) electrons. The first-order chi connectivity index (χ1) is 9.38. The average molecular weight is 318 g/mol. The Bertz CT molecular complexity index is 735. The minimum atomic E-state index is -3.91. The van der Waals surface area contributed by atoms with E-state index in [-0.39, 0.29) is 11.4 Å². The van der Waals surface area contributed by atoms with Crippen molar-refractivity contribution >= 4 is 21.6 Å². The number of halogens is 3. The van der Waals surface area contributed by atoms with E-state index in [9.17, 15) is 17.2 Å². The second-order valence-corrected chi connectivity index (χ2v) is 6.23. The fourth-order valence-electron chi connectivity index (χ4n) is 1.55. The number of benzene rings is 2. The van der Waals surface area contributed by atoms with Crippen molar-refractivity contribution < 1.29 is 17.2 Å². The van der Waals surface area contributed by atoms with Gasteiger partial charge in [0.25, 0.3) is 0 Å². The van der Waals surface area contributed by atoms with E-state index in [1.54, 1.807) is 24.3 Å². The van der Waals surface area contributed by atoms with Crippen LogP contribution in [0.3, 0.4) is 0 Å². The van der Waals surface area contributed by atoms with Crippen LogP contribution in [0.4, 0.5) is 8.78 Å². The molecule has 0 heterocycles. The minimum Gasteiger partial charge on any atom is -0.207 e. The summed E-state index contributed by atoms with van der Waals surface area (Å²) in [6.45, 7) is 0.00187. The Balaban J connectivity index is 2.17. The second-order valence-electron chi connectivity index (χ2n) is 4.03. The highest BCUT2D eigenvalue weighted by Gasteiger charge is 2.16. The van der Waals surface area contributed by atoms with Gasteiger partial charge in [0.15, 0.2) is 11.6 Å². The SMILES string of the molecule is O=S(=O)(NCc1cccc(Cl)c1)c1ccc(F)c(F)c1. The highest BCUT2D eigenvalue weighted by atomic mass is 35.5. The van der Waals surface area contributed by atoms with E-state index < -0.39 is 21.7 Å². The summed E-state index contributed by atoms with van der Waals surface area (Å²) >= 11 is 5.78. The van der Waals surface area contributed by atoms with Crippen molar-refractivity contribution in [2.45, 2.75) is 11.4 Å². The lowest BCUT2D eigenvalue weighted by atomic mass is 10.2. The van der Waals surface area contributed by atoms with Gasteiger partial charge in [-0.15, -0.1) is 0 Å². The summed E-state index contributed by atoms with van der Waals surface area (Å²) in [6.07, 6.45) is 0. The van der Waals surface area contributed by atoms with Gasteiger partial charge in [-0.3, -0.25) is 0 Å². The van der Waals surface area contributed by atoms with E-state index in [0.717, 1.165) is 12.1 Å². The van der Waals surface area contributed by atoms with Gasteiger partial charge in [0.1, 0.15) is 0 Å². The van der Waals surface area contributed by atoms with Crippen LogP contribution < -0.4 is 4.72 Å². The standard InChI is InChI=1S/C13H10ClF2NO2S/c14-10-3-1-2-9(6-10)8-17-20(18,19)11-4-5-12(15)13(16)7-11/h1-7,17H,8H2. The Labute approximate surface area is 120 Å². The molecule has 0 aliphatic heterocycles. The van der Waals surface area contributed by atoms with Crippen LogP contribution in [0.25, 0.3) is 0 Å². The largest absolute Gasteiger partial charge is 0.240 e. The molecule has 3 nitrogen and oxygen atoms in total. The van der Waals surface area contributed by atoms with Crippen LogP contribution in [0.1, 0.15) is 5.56 Å². The summed E-state index contributed by atoms with van der Waals surface area (Å²) in [5.74, 6) is -2.31. The number of nitrogens with one attached hydrogen (secondary N) is 1. The lowest BCUT2D eigenvalue weighted by Crippen LogP contribution is -2.23. The molecule has 2 aromatic rings. The smallest absolute Gasteiger partial charge is 0.207 e.